The molecule has 0 radical (unpaired) electrons. The first-order valence-electron chi connectivity index (χ1n) is 9.07. The van der Waals surface area contributed by atoms with Gasteiger partial charge in [0.2, 0.25) is 0 Å². The average molecular weight is 444 g/mol. The Labute approximate surface area is 174 Å². The van der Waals surface area contributed by atoms with Gasteiger partial charge in [-0.1, -0.05) is 0 Å². The van der Waals surface area contributed by atoms with E-state index in [9.17, 15) is 13.2 Å². The number of aromatic nitrogens is 1. The van der Waals surface area contributed by atoms with Crippen LogP contribution in [-0.4, -0.2) is 60.5 Å². The molecule has 1 amide bonds. The highest BCUT2D eigenvalue weighted by molar-refractivity contribution is 7.91. The van der Waals surface area contributed by atoms with E-state index in [1.165, 1.54) is 27.0 Å². The number of aryl methyl sites for hydroxylation is 1. The highest BCUT2D eigenvalue weighted by Crippen LogP contribution is 2.33. The molecule has 1 fully saturated rings. The van der Waals surface area contributed by atoms with E-state index in [-0.39, 0.29) is 6.54 Å². The molecule has 0 N–H and O–H groups in total. The maximum atomic E-state index is 13.1. The molecule has 154 valence electrons. The first-order valence-corrected chi connectivity index (χ1v) is 12.2. The number of thiazole rings is 1. The molecule has 1 aliphatic heterocycles. The second-order valence-electron chi connectivity index (χ2n) is 7.60. The van der Waals surface area contributed by atoms with Crippen molar-refractivity contribution >= 4 is 38.8 Å². The monoisotopic (exact) mass is 443 g/mol. The highest BCUT2D eigenvalue weighted by atomic mass is 32.2. The molecule has 10 heteroatoms. The quantitative estimate of drug-likeness (QED) is 0.721. The van der Waals surface area contributed by atoms with E-state index < -0.39 is 21.7 Å². The van der Waals surface area contributed by atoms with Crippen LogP contribution in [0.15, 0.2) is 21.7 Å². The van der Waals surface area contributed by atoms with Crippen LogP contribution in [0.2, 0.25) is 0 Å². The van der Waals surface area contributed by atoms with E-state index >= 15 is 0 Å². The first-order chi connectivity index (χ1) is 13.1. The van der Waals surface area contributed by atoms with Gasteiger partial charge < -0.3 is 9.64 Å². The number of hydrogen-bond acceptors (Lipinski definition) is 7. The number of amides is 1. The van der Waals surface area contributed by atoms with Gasteiger partial charge in [-0.05, 0) is 46.2 Å². The molecule has 1 saturated heterocycles. The van der Waals surface area contributed by atoms with Gasteiger partial charge in [0, 0.05) is 31.6 Å². The van der Waals surface area contributed by atoms with Crippen LogP contribution in [0.1, 0.15) is 32.2 Å². The van der Waals surface area contributed by atoms with Crippen molar-refractivity contribution in [1.82, 2.24) is 14.2 Å². The summed E-state index contributed by atoms with van der Waals surface area (Å²) >= 11 is 2.77. The number of thiophene rings is 1. The van der Waals surface area contributed by atoms with Gasteiger partial charge in [-0.25, -0.2) is 18.2 Å². The Kier molecular flexibility index (Phi) is 6.14. The van der Waals surface area contributed by atoms with Gasteiger partial charge >= 0.3 is 6.09 Å². The van der Waals surface area contributed by atoms with Gasteiger partial charge in [-0.15, -0.1) is 22.7 Å². The average Bonchev–Trinajstić information content (AvgIpc) is 3.16. The van der Waals surface area contributed by atoms with Crippen LogP contribution < -0.4 is 0 Å². The molecule has 0 aliphatic carbocycles. The Morgan fingerprint density at radius 3 is 2.57 bits per heavy atom. The molecule has 2 aromatic heterocycles. The SMILES string of the molecule is Cc1nc(-c2ccc(S(=O)(=O)N3CCCN(C(=O)OC(C)(C)C)CC3)s2)cs1. The molecule has 0 saturated carbocycles. The van der Waals surface area contributed by atoms with E-state index in [2.05, 4.69) is 4.98 Å². The Balaban J connectivity index is 1.71. The molecule has 0 atom stereocenters. The summed E-state index contributed by atoms with van der Waals surface area (Å²) < 4.78 is 33.3. The Hall–Kier alpha value is -1.49. The molecule has 0 aromatic carbocycles. The third-order valence-electron chi connectivity index (χ3n) is 4.15. The molecule has 7 nitrogen and oxygen atoms in total. The van der Waals surface area contributed by atoms with Crippen molar-refractivity contribution in [3.63, 3.8) is 0 Å². The topological polar surface area (TPSA) is 79.8 Å². The Bertz CT molecular complexity index is 943. The summed E-state index contributed by atoms with van der Waals surface area (Å²) in [5, 5.41) is 2.88. The minimum Gasteiger partial charge on any atom is -0.444 e. The fourth-order valence-electron chi connectivity index (χ4n) is 2.84. The smallest absolute Gasteiger partial charge is 0.410 e. The molecule has 0 spiro atoms. The molecule has 3 heterocycles. The molecular weight excluding hydrogens is 418 g/mol. The summed E-state index contributed by atoms with van der Waals surface area (Å²) in [5.74, 6) is 0. The number of hydrogen-bond donors (Lipinski definition) is 0. The maximum Gasteiger partial charge on any atom is 0.410 e. The second-order valence-corrected chi connectivity index (χ2v) is 11.9. The van der Waals surface area contributed by atoms with Gasteiger partial charge in [0.25, 0.3) is 10.0 Å². The van der Waals surface area contributed by atoms with Gasteiger partial charge in [-0.2, -0.15) is 4.31 Å². The van der Waals surface area contributed by atoms with Crippen molar-refractivity contribution in [3.8, 4) is 10.6 Å². The lowest BCUT2D eigenvalue weighted by atomic mass is 10.2. The van der Waals surface area contributed by atoms with Crippen LogP contribution in [0.4, 0.5) is 4.79 Å². The zero-order chi connectivity index (χ0) is 20.5. The van der Waals surface area contributed by atoms with Gasteiger partial charge in [0.05, 0.1) is 15.6 Å². The zero-order valence-corrected chi connectivity index (χ0v) is 18.9. The number of sulfonamides is 1. The van der Waals surface area contributed by atoms with Gasteiger partial charge in [0.15, 0.2) is 0 Å². The van der Waals surface area contributed by atoms with Gasteiger partial charge in [-0.3, -0.25) is 0 Å². The van der Waals surface area contributed by atoms with Crippen molar-refractivity contribution in [2.45, 2.75) is 43.9 Å². The number of ether oxygens (including phenoxy) is 1. The third kappa shape index (κ3) is 4.91. The third-order valence-corrected chi connectivity index (χ3v) is 8.40. The number of rotatable bonds is 3. The fraction of sp³-hybridized carbons (Fsp3) is 0.556. The number of carbonyl (C=O) groups excluding carboxylic acids is 1. The predicted molar refractivity (Wildman–Crippen MR) is 111 cm³/mol. The predicted octanol–water partition coefficient (Wildman–Crippen LogP) is 3.81. The minimum absolute atomic E-state index is 0.255. The van der Waals surface area contributed by atoms with Crippen molar-refractivity contribution in [3.05, 3.63) is 22.5 Å². The summed E-state index contributed by atoms with van der Waals surface area (Å²) in [6.07, 6.45) is 0.172. The first kappa shape index (κ1) is 21.2. The summed E-state index contributed by atoms with van der Waals surface area (Å²) in [6, 6.07) is 3.44. The normalized spacial score (nSPS) is 16.8. The molecule has 0 unspecified atom stereocenters. The molecular formula is C18H25N3O4S3. The molecule has 3 rings (SSSR count). The van der Waals surface area contributed by atoms with Crippen molar-refractivity contribution < 1.29 is 17.9 Å². The van der Waals surface area contributed by atoms with Crippen LogP contribution in [0.3, 0.4) is 0 Å². The lowest BCUT2D eigenvalue weighted by Gasteiger charge is -2.26. The number of nitrogens with zero attached hydrogens (tertiary/aromatic N) is 3. The highest BCUT2D eigenvalue weighted by Gasteiger charge is 2.31. The van der Waals surface area contributed by atoms with E-state index in [0.29, 0.717) is 30.3 Å². The van der Waals surface area contributed by atoms with Crippen LogP contribution in [0, 0.1) is 6.92 Å². The molecule has 2 aromatic rings. The van der Waals surface area contributed by atoms with Crippen LogP contribution in [-0.2, 0) is 14.8 Å². The van der Waals surface area contributed by atoms with Crippen LogP contribution >= 0.6 is 22.7 Å². The summed E-state index contributed by atoms with van der Waals surface area (Å²) in [4.78, 5) is 19.1. The van der Waals surface area contributed by atoms with Crippen molar-refractivity contribution in [1.29, 1.82) is 0 Å². The zero-order valence-electron chi connectivity index (χ0n) is 16.5. The summed E-state index contributed by atoms with van der Waals surface area (Å²) in [6.45, 7) is 8.81. The molecule has 0 bridgehead atoms. The largest absolute Gasteiger partial charge is 0.444 e. The Morgan fingerprint density at radius 1 is 1.18 bits per heavy atom. The Morgan fingerprint density at radius 2 is 1.93 bits per heavy atom. The van der Waals surface area contributed by atoms with E-state index in [0.717, 1.165) is 15.6 Å². The standard InChI is InChI=1S/C18H25N3O4S3/c1-13-19-14(12-26-13)15-6-7-16(27-15)28(23,24)21-9-5-8-20(10-11-21)17(22)25-18(2,3)4/h6-7,12H,5,8-11H2,1-4H3. The summed E-state index contributed by atoms with van der Waals surface area (Å²) in [7, 11) is -3.60. The minimum atomic E-state index is -3.60. The van der Waals surface area contributed by atoms with Crippen LogP contribution in [0.5, 0.6) is 0 Å². The van der Waals surface area contributed by atoms with Crippen LogP contribution in [0.25, 0.3) is 10.6 Å². The second kappa shape index (κ2) is 8.10. The van der Waals surface area contributed by atoms with Crippen molar-refractivity contribution in [2.75, 3.05) is 26.2 Å². The maximum absolute atomic E-state index is 13.1. The number of carbonyl (C=O) groups is 1. The molecule has 1 aliphatic rings. The van der Waals surface area contributed by atoms with E-state index in [4.69, 9.17) is 4.74 Å². The van der Waals surface area contributed by atoms with Gasteiger partial charge in [0.1, 0.15) is 9.81 Å². The lowest BCUT2D eigenvalue weighted by Crippen LogP contribution is -2.40. The summed E-state index contributed by atoms with van der Waals surface area (Å²) in [5.41, 5.74) is 0.234. The lowest BCUT2D eigenvalue weighted by molar-refractivity contribution is 0.0260. The van der Waals surface area contributed by atoms with E-state index in [1.54, 1.807) is 17.0 Å². The van der Waals surface area contributed by atoms with E-state index in [1.807, 2.05) is 33.1 Å². The fourth-order valence-corrected chi connectivity index (χ4v) is 6.42. The molecule has 28 heavy (non-hydrogen) atoms. The van der Waals surface area contributed by atoms with Crippen molar-refractivity contribution in [2.24, 2.45) is 0 Å².